The van der Waals surface area contributed by atoms with E-state index in [9.17, 15) is 14.4 Å². The summed E-state index contributed by atoms with van der Waals surface area (Å²) in [4.78, 5) is 35.5. The van der Waals surface area contributed by atoms with Gasteiger partial charge in [0.25, 0.3) is 0 Å². The first-order valence-electron chi connectivity index (χ1n) is 6.04. The first-order valence-corrected chi connectivity index (χ1v) is 6.04. The van der Waals surface area contributed by atoms with E-state index >= 15 is 0 Å². The molecule has 1 fully saturated rings. The van der Waals surface area contributed by atoms with Crippen molar-refractivity contribution in [1.82, 2.24) is 10.2 Å². The fourth-order valence-corrected chi connectivity index (χ4v) is 1.82. The summed E-state index contributed by atoms with van der Waals surface area (Å²) in [5, 5.41) is 11.4. The van der Waals surface area contributed by atoms with Crippen LogP contribution in [0.3, 0.4) is 0 Å². The first-order chi connectivity index (χ1) is 8.23. The molecule has 6 nitrogen and oxygen atoms in total. The van der Waals surface area contributed by atoms with E-state index in [0.717, 1.165) is 4.90 Å². The number of likely N-dealkylation sites (tertiary alicyclic amines) is 1. The quantitative estimate of drug-likeness (QED) is 0.784. The predicted octanol–water partition coefficient (Wildman–Crippen LogP) is 0.860. The standard InChI is InChI=1S/C12H20N2O4/c1-12(2,3)9(15)7-13-10(16)8-5-4-6-14(8)11(17)18/h8H,4-7H2,1-3H3,(H,13,16)(H,17,18). The minimum Gasteiger partial charge on any atom is -0.465 e. The average molecular weight is 256 g/mol. The van der Waals surface area contributed by atoms with E-state index in [1.165, 1.54) is 0 Å². The van der Waals surface area contributed by atoms with E-state index < -0.39 is 17.6 Å². The lowest BCUT2D eigenvalue weighted by Crippen LogP contribution is -2.47. The summed E-state index contributed by atoms with van der Waals surface area (Å²) in [7, 11) is 0. The average Bonchev–Trinajstić information content (AvgIpc) is 2.72. The zero-order valence-corrected chi connectivity index (χ0v) is 11.0. The summed E-state index contributed by atoms with van der Waals surface area (Å²) in [5.74, 6) is -0.455. The van der Waals surface area contributed by atoms with Crippen molar-refractivity contribution in [3.05, 3.63) is 0 Å². The summed E-state index contributed by atoms with van der Waals surface area (Å²) in [6.45, 7) is 5.66. The second-order valence-electron chi connectivity index (χ2n) is 5.52. The number of hydrogen-bond donors (Lipinski definition) is 2. The Labute approximate surface area is 106 Å². The molecular formula is C12H20N2O4. The molecule has 1 aliphatic rings. The van der Waals surface area contributed by atoms with Crippen LogP contribution in [0.5, 0.6) is 0 Å². The van der Waals surface area contributed by atoms with E-state index in [-0.39, 0.29) is 18.2 Å². The fourth-order valence-electron chi connectivity index (χ4n) is 1.82. The van der Waals surface area contributed by atoms with Crippen LogP contribution in [0, 0.1) is 5.41 Å². The van der Waals surface area contributed by atoms with Crippen LogP contribution in [0.4, 0.5) is 4.79 Å². The van der Waals surface area contributed by atoms with Crippen molar-refractivity contribution in [2.45, 2.75) is 39.7 Å². The fraction of sp³-hybridized carbons (Fsp3) is 0.750. The van der Waals surface area contributed by atoms with Crippen molar-refractivity contribution in [1.29, 1.82) is 0 Å². The van der Waals surface area contributed by atoms with Crippen molar-refractivity contribution in [3.8, 4) is 0 Å². The number of carboxylic acid groups (broad SMARTS) is 1. The van der Waals surface area contributed by atoms with Crippen molar-refractivity contribution in [2.75, 3.05) is 13.1 Å². The highest BCUT2D eigenvalue weighted by atomic mass is 16.4. The largest absolute Gasteiger partial charge is 0.465 e. The minimum absolute atomic E-state index is 0.0493. The summed E-state index contributed by atoms with van der Waals surface area (Å²) in [6, 6.07) is -0.657. The number of nitrogens with zero attached hydrogens (tertiary/aromatic N) is 1. The third kappa shape index (κ3) is 3.45. The molecule has 0 aromatic rings. The molecule has 0 aliphatic carbocycles. The van der Waals surface area contributed by atoms with Crippen LogP contribution in [0.15, 0.2) is 0 Å². The molecule has 6 heteroatoms. The number of rotatable bonds is 3. The lowest BCUT2D eigenvalue weighted by atomic mass is 9.91. The molecule has 1 rings (SSSR count). The number of Topliss-reactive ketones (excluding diaryl/α,β-unsaturated/α-hetero) is 1. The van der Waals surface area contributed by atoms with Gasteiger partial charge < -0.3 is 10.4 Å². The zero-order chi connectivity index (χ0) is 13.9. The molecule has 0 bridgehead atoms. The Hall–Kier alpha value is -1.59. The van der Waals surface area contributed by atoms with Gasteiger partial charge in [-0.1, -0.05) is 20.8 Å². The Morgan fingerprint density at radius 1 is 1.33 bits per heavy atom. The molecule has 2 amide bonds. The second-order valence-corrected chi connectivity index (χ2v) is 5.52. The van der Waals surface area contributed by atoms with E-state index in [1.807, 2.05) is 0 Å². The Morgan fingerprint density at radius 2 is 1.94 bits per heavy atom. The minimum atomic E-state index is -1.09. The van der Waals surface area contributed by atoms with E-state index in [0.29, 0.717) is 19.4 Å². The maximum atomic E-state index is 11.8. The molecule has 1 heterocycles. The Kier molecular flexibility index (Phi) is 4.32. The van der Waals surface area contributed by atoms with Crippen molar-refractivity contribution in [2.24, 2.45) is 5.41 Å². The topological polar surface area (TPSA) is 86.7 Å². The smallest absolute Gasteiger partial charge is 0.407 e. The van der Waals surface area contributed by atoms with E-state index in [1.54, 1.807) is 20.8 Å². The molecule has 1 aliphatic heterocycles. The van der Waals surface area contributed by atoms with Crippen LogP contribution < -0.4 is 5.32 Å². The van der Waals surface area contributed by atoms with Gasteiger partial charge in [-0.2, -0.15) is 0 Å². The summed E-state index contributed by atoms with van der Waals surface area (Å²) >= 11 is 0. The van der Waals surface area contributed by atoms with Crippen LogP contribution >= 0.6 is 0 Å². The van der Waals surface area contributed by atoms with Crippen molar-refractivity contribution >= 4 is 17.8 Å². The van der Waals surface area contributed by atoms with Gasteiger partial charge in [0.05, 0.1) is 6.54 Å². The molecule has 0 aromatic heterocycles. The predicted molar refractivity (Wildman–Crippen MR) is 65.2 cm³/mol. The van der Waals surface area contributed by atoms with Crippen LogP contribution in [-0.2, 0) is 9.59 Å². The van der Waals surface area contributed by atoms with Gasteiger partial charge in [-0.15, -0.1) is 0 Å². The molecule has 1 unspecified atom stereocenters. The lowest BCUT2D eigenvalue weighted by molar-refractivity contribution is -0.130. The maximum absolute atomic E-state index is 11.8. The SMILES string of the molecule is CC(C)(C)C(=O)CNC(=O)C1CCCN1C(=O)O. The second kappa shape index (κ2) is 5.37. The number of hydrogen-bond acceptors (Lipinski definition) is 3. The zero-order valence-electron chi connectivity index (χ0n) is 11.0. The maximum Gasteiger partial charge on any atom is 0.407 e. The Bertz CT molecular complexity index is 360. The highest BCUT2D eigenvalue weighted by Gasteiger charge is 2.34. The van der Waals surface area contributed by atoms with Gasteiger partial charge in [-0.25, -0.2) is 4.79 Å². The van der Waals surface area contributed by atoms with Crippen LogP contribution in [0.1, 0.15) is 33.6 Å². The third-order valence-electron chi connectivity index (χ3n) is 3.06. The Morgan fingerprint density at radius 3 is 2.44 bits per heavy atom. The normalized spacial score (nSPS) is 19.7. The number of ketones is 1. The lowest BCUT2D eigenvalue weighted by Gasteiger charge is -2.22. The summed E-state index contributed by atoms with van der Waals surface area (Å²) in [6.07, 6.45) is 0.106. The van der Waals surface area contributed by atoms with Gasteiger partial charge in [-0.05, 0) is 12.8 Å². The Balaban J connectivity index is 2.51. The molecule has 2 N–H and O–H groups in total. The molecule has 0 saturated carbocycles. The molecule has 0 aromatic carbocycles. The molecular weight excluding hydrogens is 236 g/mol. The number of amides is 2. The van der Waals surface area contributed by atoms with Crippen LogP contribution in [-0.4, -0.2) is 46.9 Å². The van der Waals surface area contributed by atoms with Gasteiger partial charge in [0.15, 0.2) is 5.78 Å². The number of carbonyl (C=O) groups is 3. The highest BCUT2D eigenvalue weighted by molar-refractivity contribution is 5.92. The van der Waals surface area contributed by atoms with Crippen molar-refractivity contribution in [3.63, 3.8) is 0 Å². The first kappa shape index (κ1) is 14.5. The van der Waals surface area contributed by atoms with Gasteiger partial charge >= 0.3 is 6.09 Å². The third-order valence-corrected chi connectivity index (χ3v) is 3.06. The van der Waals surface area contributed by atoms with Crippen LogP contribution in [0.25, 0.3) is 0 Å². The van der Waals surface area contributed by atoms with Gasteiger partial charge in [0.2, 0.25) is 5.91 Å². The van der Waals surface area contributed by atoms with E-state index in [4.69, 9.17) is 5.11 Å². The summed E-state index contributed by atoms with van der Waals surface area (Å²) in [5.41, 5.74) is -0.505. The monoisotopic (exact) mass is 256 g/mol. The number of nitrogens with one attached hydrogen (secondary N) is 1. The molecule has 0 radical (unpaired) electrons. The van der Waals surface area contributed by atoms with E-state index in [2.05, 4.69) is 5.32 Å². The molecule has 18 heavy (non-hydrogen) atoms. The van der Waals surface area contributed by atoms with Gasteiger partial charge in [-0.3, -0.25) is 14.5 Å². The molecule has 102 valence electrons. The van der Waals surface area contributed by atoms with Crippen LogP contribution in [0.2, 0.25) is 0 Å². The number of carbonyl (C=O) groups excluding carboxylic acids is 2. The summed E-state index contributed by atoms with van der Waals surface area (Å²) < 4.78 is 0. The van der Waals surface area contributed by atoms with Gasteiger partial charge in [0.1, 0.15) is 6.04 Å². The highest BCUT2D eigenvalue weighted by Crippen LogP contribution is 2.18. The van der Waals surface area contributed by atoms with Gasteiger partial charge in [0, 0.05) is 12.0 Å². The van der Waals surface area contributed by atoms with Crippen molar-refractivity contribution < 1.29 is 19.5 Å². The molecule has 1 saturated heterocycles. The molecule has 0 spiro atoms. The molecule has 1 atom stereocenters.